The summed E-state index contributed by atoms with van der Waals surface area (Å²) >= 11 is -0.307. The Balaban J connectivity index is 1.49. The van der Waals surface area contributed by atoms with Gasteiger partial charge >= 0.3 is 11.5 Å². The zero-order valence-corrected chi connectivity index (χ0v) is 21.4. The van der Waals surface area contributed by atoms with E-state index in [2.05, 4.69) is 19.7 Å². The van der Waals surface area contributed by atoms with E-state index in [0.29, 0.717) is 5.56 Å². The largest absolute Gasteiger partial charge is 0.446 e. The SMILES string of the molecule is CC(c1ccncc1NS(=O)(=O)NCc1ccccc1)C1NC(=O)N(c2ccc(SC(F)(F)F)cc2)C1=O. The summed E-state index contributed by atoms with van der Waals surface area (Å²) in [5.74, 6) is -1.32. The lowest BCUT2D eigenvalue weighted by Crippen LogP contribution is -2.36. The Kier molecular flexibility index (Phi) is 7.94. The third-order valence-corrected chi connectivity index (χ3v) is 7.45. The van der Waals surface area contributed by atoms with Crippen molar-refractivity contribution in [3.05, 3.63) is 84.2 Å². The molecule has 0 radical (unpaired) electrons. The molecule has 38 heavy (non-hydrogen) atoms. The first-order chi connectivity index (χ1) is 17.9. The highest BCUT2D eigenvalue weighted by atomic mass is 32.2. The molecule has 3 aromatic rings. The summed E-state index contributed by atoms with van der Waals surface area (Å²) in [6.45, 7) is 1.69. The Bertz CT molecular complexity index is 1420. The maximum absolute atomic E-state index is 13.2. The lowest BCUT2D eigenvalue weighted by molar-refractivity contribution is -0.118. The van der Waals surface area contributed by atoms with Gasteiger partial charge in [0.1, 0.15) is 6.04 Å². The van der Waals surface area contributed by atoms with Gasteiger partial charge in [-0.1, -0.05) is 37.3 Å². The first-order valence-corrected chi connectivity index (χ1v) is 13.5. The molecule has 1 aromatic heterocycles. The number of pyridine rings is 1. The van der Waals surface area contributed by atoms with Crippen molar-refractivity contribution < 1.29 is 31.2 Å². The maximum Gasteiger partial charge on any atom is 0.446 e. The first kappa shape index (κ1) is 27.4. The molecule has 1 fully saturated rings. The standard InChI is InChI=1S/C24H22F3N5O4S2/c1-15(19-11-12-28-14-20(19)31-38(35,36)29-13-16-5-3-2-4-6-16)21-22(33)32(23(34)30-21)17-7-9-18(10-8-17)37-24(25,26)27/h2-12,14-15,21,29,31H,13H2,1H3,(H,30,34). The number of rotatable bonds is 9. The van der Waals surface area contributed by atoms with Gasteiger partial charge in [0, 0.05) is 23.6 Å². The van der Waals surface area contributed by atoms with Gasteiger partial charge in [-0.05, 0) is 53.2 Å². The molecular formula is C24H22F3N5O4S2. The molecule has 1 aliphatic heterocycles. The predicted molar refractivity (Wildman–Crippen MR) is 137 cm³/mol. The highest BCUT2D eigenvalue weighted by Crippen LogP contribution is 2.38. The van der Waals surface area contributed by atoms with Crippen LogP contribution in [0.25, 0.3) is 0 Å². The molecule has 0 saturated carbocycles. The number of aromatic nitrogens is 1. The third kappa shape index (κ3) is 6.62. The van der Waals surface area contributed by atoms with Gasteiger partial charge in [-0.15, -0.1) is 0 Å². The minimum absolute atomic E-state index is 0.0493. The van der Waals surface area contributed by atoms with E-state index >= 15 is 0 Å². The number of urea groups is 1. The number of carbonyl (C=O) groups excluding carboxylic acids is 2. The summed E-state index contributed by atoms with van der Waals surface area (Å²) in [6, 6.07) is 13.5. The van der Waals surface area contributed by atoms with E-state index < -0.39 is 39.6 Å². The zero-order valence-electron chi connectivity index (χ0n) is 19.8. The van der Waals surface area contributed by atoms with Crippen LogP contribution in [0.3, 0.4) is 0 Å². The molecule has 2 unspecified atom stereocenters. The summed E-state index contributed by atoms with van der Waals surface area (Å²) in [5, 5.41) is 2.58. The van der Waals surface area contributed by atoms with E-state index in [0.717, 1.165) is 10.5 Å². The predicted octanol–water partition coefficient (Wildman–Crippen LogP) is 4.37. The Morgan fingerprint density at radius 3 is 2.42 bits per heavy atom. The molecule has 0 bridgehead atoms. The van der Waals surface area contributed by atoms with Crippen molar-refractivity contribution in [3.8, 4) is 0 Å². The van der Waals surface area contributed by atoms with Gasteiger partial charge in [0.25, 0.3) is 16.1 Å². The average Bonchev–Trinajstić information content (AvgIpc) is 3.16. The van der Waals surface area contributed by atoms with Crippen LogP contribution in [0.1, 0.15) is 24.0 Å². The minimum Gasteiger partial charge on any atom is -0.325 e. The van der Waals surface area contributed by atoms with Crippen molar-refractivity contribution in [1.82, 2.24) is 15.0 Å². The van der Waals surface area contributed by atoms with Crippen molar-refractivity contribution >= 4 is 45.3 Å². The highest BCUT2D eigenvalue weighted by Gasteiger charge is 2.43. The quantitative estimate of drug-likeness (QED) is 0.262. The Hall–Kier alpha value is -3.62. The van der Waals surface area contributed by atoms with E-state index in [9.17, 15) is 31.2 Å². The summed E-state index contributed by atoms with van der Waals surface area (Å²) < 4.78 is 68.0. The molecule has 1 aliphatic rings. The van der Waals surface area contributed by atoms with Gasteiger partial charge in [-0.25, -0.2) is 9.69 Å². The third-order valence-electron chi connectivity index (χ3n) is 5.70. The summed E-state index contributed by atoms with van der Waals surface area (Å²) in [7, 11) is -4.01. The van der Waals surface area contributed by atoms with Gasteiger partial charge in [-0.3, -0.25) is 14.5 Å². The number of anilines is 2. The minimum atomic E-state index is -4.47. The van der Waals surface area contributed by atoms with Crippen LogP contribution >= 0.6 is 11.8 Å². The summed E-state index contributed by atoms with van der Waals surface area (Å²) in [5.41, 5.74) is -3.09. The molecule has 200 valence electrons. The van der Waals surface area contributed by atoms with Crippen molar-refractivity contribution in [2.45, 2.75) is 35.8 Å². The van der Waals surface area contributed by atoms with Crippen LogP contribution in [0.2, 0.25) is 0 Å². The highest BCUT2D eigenvalue weighted by molar-refractivity contribution is 8.00. The fourth-order valence-corrected chi connectivity index (χ4v) is 5.33. The molecule has 0 spiro atoms. The van der Waals surface area contributed by atoms with E-state index in [1.807, 2.05) is 6.07 Å². The molecule has 2 aromatic carbocycles. The van der Waals surface area contributed by atoms with Crippen LogP contribution in [-0.2, 0) is 21.5 Å². The van der Waals surface area contributed by atoms with Crippen LogP contribution in [0.4, 0.5) is 29.3 Å². The number of nitrogens with zero attached hydrogens (tertiary/aromatic N) is 2. The van der Waals surface area contributed by atoms with Crippen molar-refractivity contribution in [1.29, 1.82) is 0 Å². The Labute approximate surface area is 221 Å². The number of benzene rings is 2. The molecule has 9 nitrogen and oxygen atoms in total. The fourth-order valence-electron chi connectivity index (χ4n) is 3.90. The van der Waals surface area contributed by atoms with Crippen LogP contribution in [0.5, 0.6) is 0 Å². The number of hydrogen-bond donors (Lipinski definition) is 3. The fraction of sp³-hybridized carbons (Fsp3) is 0.208. The normalized spacial score (nSPS) is 16.8. The molecule has 4 rings (SSSR count). The number of thioether (sulfide) groups is 1. The molecule has 3 N–H and O–H groups in total. The topological polar surface area (TPSA) is 120 Å². The number of alkyl halides is 3. The van der Waals surface area contributed by atoms with Gasteiger partial charge < -0.3 is 5.32 Å². The number of carbonyl (C=O) groups is 2. The number of amides is 3. The van der Waals surface area contributed by atoms with Crippen LogP contribution in [0.15, 0.2) is 78.0 Å². The van der Waals surface area contributed by atoms with E-state index in [1.54, 1.807) is 31.2 Å². The Morgan fingerprint density at radius 1 is 1.08 bits per heavy atom. The lowest BCUT2D eigenvalue weighted by atomic mass is 9.93. The van der Waals surface area contributed by atoms with Crippen molar-refractivity contribution in [2.75, 3.05) is 9.62 Å². The zero-order chi connectivity index (χ0) is 27.5. The molecule has 1 saturated heterocycles. The van der Waals surface area contributed by atoms with Crippen LogP contribution in [-0.4, -0.2) is 36.9 Å². The number of halogens is 3. The van der Waals surface area contributed by atoms with Gasteiger partial charge in [0.15, 0.2) is 0 Å². The van der Waals surface area contributed by atoms with E-state index in [1.165, 1.54) is 42.7 Å². The van der Waals surface area contributed by atoms with Crippen molar-refractivity contribution in [3.63, 3.8) is 0 Å². The smallest absolute Gasteiger partial charge is 0.325 e. The molecule has 2 atom stereocenters. The second kappa shape index (κ2) is 11.0. The maximum atomic E-state index is 13.2. The molecule has 3 amide bonds. The van der Waals surface area contributed by atoms with Crippen LogP contribution in [0, 0.1) is 0 Å². The van der Waals surface area contributed by atoms with E-state index in [4.69, 9.17) is 0 Å². The molecule has 0 aliphatic carbocycles. The lowest BCUT2D eigenvalue weighted by Gasteiger charge is -2.21. The number of imide groups is 1. The second-order valence-electron chi connectivity index (χ2n) is 8.31. The van der Waals surface area contributed by atoms with Gasteiger partial charge in [-0.2, -0.15) is 26.3 Å². The van der Waals surface area contributed by atoms with Gasteiger partial charge in [0.05, 0.1) is 17.6 Å². The van der Waals surface area contributed by atoms with E-state index in [-0.39, 0.29) is 34.6 Å². The van der Waals surface area contributed by atoms with Crippen molar-refractivity contribution in [2.24, 2.45) is 0 Å². The summed E-state index contributed by atoms with van der Waals surface area (Å²) in [6.07, 6.45) is 2.72. The molecule has 2 heterocycles. The molecule has 14 heteroatoms. The molecular weight excluding hydrogens is 543 g/mol. The van der Waals surface area contributed by atoms with Gasteiger partial charge in [0.2, 0.25) is 0 Å². The average molecular weight is 566 g/mol. The summed E-state index contributed by atoms with van der Waals surface area (Å²) in [4.78, 5) is 30.6. The number of nitrogens with one attached hydrogen (secondary N) is 3. The number of hydrogen-bond acceptors (Lipinski definition) is 6. The first-order valence-electron chi connectivity index (χ1n) is 11.2. The van der Waals surface area contributed by atoms with Crippen LogP contribution < -0.4 is 19.7 Å². The Morgan fingerprint density at radius 2 is 1.76 bits per heavy atom. The second-order valence-corrected chi connectivity index (χ2v) is 10.9. The monoisotopic (exact) mass is 565 g/mol.